The maximum atomic E-state index is 6.06. The van der Waals surface area contributed by atoms with Crippen LogP contribution in [0.2, 0.25) is 0 Å². The van der Waals surface area contributed by atoms with Crippen molar-refractivity contribution in [3.8, 4) is 16.9 Å². The molecule has 0 radical (unpaired) electrons. The lowest BCUT2D eigenvalue weighted by Gasteiger charge is -2.04. The molecule has 4 rings (SSSR count). The molecule has 0 saturated carbocycles. The average molecular weight is 274 g/mol. The summed E-state index contributed by atoms with van der Waals surface area (Å²) >= 11 is 0. The predicted molar refractivity (Wildman–Crippen MR) is 85.7 cm³/mol. The van der Waals surface area contributed by atoms with E-state index in [2.05, 4.69) is 36.4 Å². The van der Waals surface area contributed by atoms with E-state index in [0.717, 1.165) is 38.8 Å². The van der Waals surface area contributed by atoms with Crippen LogP contribution in [-0.2, 0) is 0 Å². The number of hydrogen-bond acceptors (Lipinski definition) is 2. The fourth-order valence-electron chi connectivity index (χ4n) is 2.75. The highest BCUT2D eigenvalue weighted by Crippen LogP contribution is 2.35. The van der Waals surface area contributed by atoms with Gasteiger partial charge in [-0.05, 0) is 23.8 Å². The van der Waals surface area contributed by atoms with Crippen LogP contribution in [0.25, 0.3) is 33.1 Å². The monoisotopic (exact) mass is 274 g/mol. The van der Waals surface area contributed by atoms with Crippen LogP contribution in [0.3, 0.4) is 0 Å². The Morgan fingerprint density at radius 2 is 1.52 bits per heavy atom. The summed E-state index contributed by atoms with van der Waals surface area (Å²) in [5.41, 5.74) is 4.09. The molecular weight excluding hydrogens is 260 g/mol. The van der Waals surface area contributed by atoms with Crippen LogP contribution in [0.15, 0.2) is 71.1 Å². The van der Waals surface area contributed by atoms with Gasteiger partial charge in [0, 0.05) is 16.3 Å². The zero-order chi connectivity index (χ0) is 14.2. The first-order valence-electron chi connectivity index (χ1n) is 6.91. The van der Waals surface area contributed by atoms with Gasteiger partial charge in [0.25, 0.3) is 0 Å². The van der Waals surface area contributed by atoms with E-state index in [-0.39, 0.29) is 0 Å². The normalized spacial score (nSPS) is 11.1. The Balaban J connectivity index is 1.99. The molecule has 2 heteroatoms. The molecule has 0 N–H and O–H groups in total. The minimum absolute atomic E-state index is 0.857. The van der Waals surface area contributed by atoms with Gasteiger partial charge in [-0.3, -0.25) is 0 Å². The van der Waals surface area contributed by atoms with Crippen molar-refractivity contribution in [2.24, 2.45) is 0 Å². The number of methoxy groups -OCH3 is 1. The van der Waals surface area contributed by atoms with E-state index >= 15 is 0 Å². The van der Waals surface area contributed by atoms with Crippen LogP contribution in [0.5, 0.6) is 5.75 Å². The Kier molecular flexibility index (Phi) is 2.68. The number of furan rings is 1. The molecule has 0 spiro atoms. The quantitative estimate of drug-likeness (QED) is 0.497. The Morgan fingerprint density at radius 1 is 0.762 bits per heavy atom. The summed E-state index contributed by atoms with van der Waals surface area (Å²) in [5, 5.41) is 2.31. The van der Waals surface area contributed by atoms with Gasteiger partial charge in [-0.1, -0.05) is 48.5 Å². The molecule has 0 amide bonds. The third-order valence-electron chi connectivity index (χ3n) is 3.81. The van der Waals surface area contributed by atoms with Gasteiger partial charge < -0.3 is 9.15 Å². The number of hydrogen-bond donors (Lipinski definition) is 0. The molecule has 0 bridgehead atoms. The molecule has 0 atom stereocenters. The zero-order valence-electron chi connectivity index (χ0n) is 11.7. The van der Waals surface area contributed by atoms with Gasteiger partial charge in [0.15, 0.2) is 0 Å². The Bertz CT molecular complexity index is 917. The average Bonchev–Trinajstić information content (AvgIpc) is 2.94. The molecular formula is C19H14O2. The topological polar surface area (TPSA) is 22.4 Å². The van der Waals surface area contributed by atoms with Crippen LogP contribution >= 0.6 is 0 Å². The molecule has 0 saturated heterocycles. The van der Waals surface area contributed by atoms with Crippen molar-refractivity contribution in [2.45, 2.75) is 0 Å². The fraction of sp³-hybridized carbons (Fsp3) is 0.0526. The SMILES string of the molecule is COc1ccc(-c2cccc3c2oc2ccccc23)cc1. The number of benzene rings is 3. The first-order chi connectivity index (χ1) is 10.4. The van der Waals surface area contributed by atoms with Crippen molar-refractivity contribution >= 4 is 21.9 Å². The van der Waals surface area contributed by atoms with E-state index in [1.54, 1.807) is 7.11 Å². The first kappa shape index (κ1) is 12.0. The summed E-state index contributed by atoms with van der Waals surface area (Å²) in [6, 6.07) is 22.5. The van der Waals surface area contributed by atoms with Crippen molar-refractivity contribution < 1.29 is 9.15 Å². The van der Waals surface area contributed by atoms with E-state index in [4.69, 9.17) is 9.15 Å². The first-order valence-corrected chi connectivity index (χ1v) is 6.91. The number of ether oxygens (including phenoxy) is 1. The second-order valence-corrected chi connectivity index (χ2v) is 5.01. The second kappa shape index (κ2) is 4.67. The van der Waals surface area contributed by atoms with Crippen LogP contribution in [-0.4, -0.2) is 7.11 Å². The van der Waals surface area contributed by atoms with E-state index < -0.39 is 0 Å². The maximum absolute atomic E-state index is 6.06. The molecule has 21 heavy (non-hydrogen) atoms. The summed E-state index contributed by atoms with van der Waals surface area (Å²) in [6.07, 6.45) is 0. The van der Waals surface area contributed by atoms with Crippen LogP contribution in [0.4, 0.5) is 0 Å². The zero-order valence-corrected chi connectivity index (χ0v) is 11.7. The third-order valence-corrected chi connectivity index (χ3v) is 3.81. The lowest BCUT2D eigenvalue weighted by atomic mass is 10.0. The van der Waals surface area contributed by atoms with Gasteiger partial charge in [-0.2, -0.15) is 0 Å². The van der Waals surface area contributed by atoms with Crippen LogP contribution < -0.4 is 4.74 Å². The molecule has 4 aromatic rings. The Hall–Kier alpha value is -2.74. The van der Waals surface area contributed by atoms with Gasteiger partial charge in [-0.15, -0.1) is 0 Å². The summed E-state index contributed by atoms with van der Waals surface area (Å²) in [6.45, 7) is 0. The Morgan fingerprint density at radius 3 is 2.33 bits per heavy atom. The highest BCUT2D eigenvalue weighted by atomic mass is 16.5. The van der Waals surface area contributed by atoms with Gasteiger partial charge in [0.05, 0.1) is 7.11 Å². The van der Waals surface area contributed by atoms with Gasteiger partial charge >= 0.3 is 0 Å². The number of para-hydroxylation sites is 2. The van der Waals surface area contributed by atoms with Gasteiger partial charge in [0.2, 0.25) is 0 Å². The largest absolute Gasteiger partial charge is 0.497 e. The Labute approximate surface area is 122 Å². The highest BCUT2D eigenvalue weighted by molar-refractivity contribution is 6.09. The standard InChI is InChI=1S/C19H14O2/c1-20-14-11-9-13(10-12-14)15-6-4-7-17-16-5-2-3-8-18(16)21-19(15)17/h2-12H,1H3. The number of rotatable bonds is 2. The van der Waals surface area contributed by atoms with Gasteiger partial charge in [-0.25, -0.2) is 0 Å². The molecule has 102 valence electrons. The second-order valence-electron chi connectivity index (χ2n) is 5.01. The van der Waals surface area contributed by atoms with Crippen molar-refractivity contribution in [2.75, 3.05) is 7.11 Å². The lowest BCUT2D eigenvalue weighted by Crippen LogP contribution is -1.83. The minimum Gasteiger partial charge on any atom is -0.497 e. The molecule has 2 nitrogen and oxygen atoms in total. The van der Waals surface area contributed by atoms with E-state index in [1.165, 1.54) is 0 Å². The van der Waals surface area contributed by atoms with E-state index in [9.17, 15) is 0 Å². The third kappa shape index (κ3) is 1.88. The van der Waals surface area contributed by atoms with E-state index in [1.807, 2.05) is 30.3 Å². The molecule has 0 unspecified atom stereocenters. The summed E-state index contributed by atoms with van der Waals surface area (Å²) in [5.74, 6) is 0.857. The fourth-order valence-corrected chi connectivity index (χ4v) is 2.75. The van der Waals surface area contributed by atoms with Gasteiger partial charge in [0.1, 0.15) is 16.9 Å². The highest BCUT2D eigenvalue weighted by Gasteiger charge is 2.11. The smallest absolute Gasteiger partial charge is 0.143 e. The molecule has 0 fully saturated rings. The molecule has 0 aliphatic heterocycles. The maximum Gasteiger partial charge on any atom is 0.143 e. The van der Waals surface area contributed by atoms with E-state index in [0.29, 0.717) is 0 Å². The summed E-state index contributed by atoms with van der Waals surface area (Å²) < 4.78 is 11.3. The number of fused-ring (bicyclic) bond motifs is 3. The lowest BCUT2D eigenvalue weighted by molar-refractivity contribution is 0.415. The van der Waals surface area contributed by atoms with Crippen molar-refractivity contribution in [1.29, 1.82) is 0 Å². The van der Waals surface area contributed by atoms with Crippen LogP contribution in [0.1, 0.15) is 0 Å². The summed E-state index contributed by atoms with van der Waals surface area (Å²) in [4.78, 5) is 0. The molecule has 3 aromatic carbocycles. The van der Waals surface area contributed by atoms with Crippen molar-refractivity contribution in [3.63, 3.8) is 0 Å². The van der Waals surface area contributed by atoms with Crippen molar-refractivity contribution in [1.82, 2.24) is 0 Å². The molecule has 1 heterocycles. The van der Waals surface area contributed by atoms with Crippen LogP contribution in [0, 0.1) is 0 Å². The predicted octanol–water partition coefficient (Wildman–Crippen LogP) is 5.26. The molecule has 1 aromatic heterocycles. The molecule has 0 aliphatic carbocycles. The molecule has 0 aliphatic rings. The summed E-state index contributed by atoms with van der Waals surface area (Å²) in [7, 11) is 1.68. The van der Waals surface area contributed by atoms with Crippen molar-refractivity contribution in [3.05, 3.63) is 66.7 Å². The minimum atomic E-state index is 0.857.